The lowest BCUT2D eigenvalue weighted by Crippen LogP contribution is -2.12. The third-order valence-electron chi connectivity index (χ3n) is 2.29. The van der Waals surface area contributed by atoms with Gasteiger partial charge in [-0.2, -0.15) is 0 Å². The second kappa shape index (κ2) is 5.63. The fourth-order valence-corrected chi connectivity index (χ4v) is 2.44. The molecule has 2 aromatic rings. The molecule has 0 amide bonds. The normalized spacial score (nSPS) is 11.1. The average molecular weight is 283 g/mol. The molecule has 0 aliphatic rings. The molecule has 0 unspecified atom stereocenters. The van der Waals surface area contributed by atoms with Crippen LogP contribution in [-0.4, -0.2) is 20.6 Å². The van der Waals surface area contributed by atoms with Gasteiger partial charge in [-0.15, -0.1) is 10.2 Å². The van der Waals surface area contributed by atoms with Gasteiger partial charge in [-0.25, -0.2) is 4.68 Å². The van der Waals surface area contributed by atoms with Crippen molar-refractivity contribution < 1.29 is 0 Å². The van der Waals surface area contributed by atoms with Crippen LogP contribution in [0.15, 0.2) is 29.4 Å². The highest BCUT2D eigenvalue weighted by Crippen LogP contribution is 2.24. The summed E-state index contributed by atoms with van der Waals surface area (Å²) in [6, 6.07) is 7.42. The third kappa shape index (κ3) is 2.97. The molecule has 0 radical (unpaired) electrons. The van der Waals surface area contributed by atoms with E-state index in [9.17, 15) is 0 Å². The summed E-state index contributed by atoms with van der Waals surface area (Å²) in [6.07, 6.45) is 0. The Hall–Kier alpha value is -1.20. The zero-order chi connectivity index (χ0) is 13.1. The molecular formula is C12H15ClN4S. The van der Waals surface area contributed by atoms with Crippen molar-refractivity contribution in [2.75, 3.05) is 11.6 Å². The van der Waals surface area contributed by atoms with Crippen LogP contribution in [0.4, 0.5) is 0 Å². The summed E-state index contributed by atoms with van der Waals surface area (Å²) in [4.78, 5) is 0. The SMILES string of the molecule is CC(C)CSc1nnc(-c2cccc(Cl)c2)n1N. The maximum atomic E-state index is 6.00. The topological polar surface area (TPSA) is 56.7 Å². The van der Waals surface area contributed by atoms with Gasteiger partial charge in [0.2, 0.25) is 5.16 Å². The van der Waals surface area contributed by atoms with Gasteiger partial charge in [-0.1, -0.05) is 49.3 Å². The number of nitrogens with two attached hydrogens (primary N) is 1. The minimum absolute atomic E-state index is 0.585. The number of thioether (sulfide) groups is 1. The molecule has 0 saturated carbocycles. The summed E-state index contributed by atoms with van der Waals surface area (Å²) < 4.78 is 1.51. The van der Waals surface area contributed by atoms with E-state index in [1.165, 1.54) is 4.68 Å². The number of halogens is 1. The Morgan fingerprint density at radius 3 is 2.83 bits per heavy atom. The minimum Gasteiger partial charge on any atom is -0.335 e. The van der Waals surface area contributed by atoms with Gasteiger partial charge >= 0.3 is 0 Å². The molecule has 2 rings (SSSR count). The highest BCUT2D eigenvalue weighted by atomic mass is 35.5. The lowest BCUT2D eigenvalue weighted by atomic mass is 10.2. The molecule has 0 fully saturated rings. The van der Waals surface area contributed by atoms with Gasteiger partial charge in [0.05, 0.1) is 0 Å². The lowest BCUT2D eigenvalue weighted by Gasteiger charge is -2.05. The van der Waals surface area contributed by atoms with Crippen LogP contribution in [0, 0.1) is 5.92 Å². The van der Waals surface area contributed by atoms with E-state index in [-0.39, 0.29) is 0 Å². The van der Waals surface area contributed by atoms with Gasteiger partial charge < -0.3 is 5.84 Å². The largest absolute Gasteiger partial charge is 0.335 e. The van der Waals surface area contributed by atoms with Gasteiger partial charge in [0.25, 0.3) is 0 Å². The molecule has 1 heterocycles. The van der Waals surface area contributed by atoms with Gasteiger partial charge in [0, 0.05) is 16.3 Å². The van der Waals surface area contributed by atoms with Crippen LogP contribution in [0.1, 0.15) is 13.8 Å². The van der Waals surface area contributed by atoms with E-state index in [0.717, 1.165) is 16.5 Å². The predicted octanol–water partition coefficient (Wildman–Crippen LogP) is 3.06. The summed E-state index contributed by atoms with van der Waals surface area (Å²) in [6.45, 7) is 4.31. The van der Waals surface area contributed by atoms with Crippen molar-refractivity contribution in [2.45, 2.75) is 19.0 Å². The number of rotatable bonds is 4. The molecule has 18 heavy (non-hydrogen) atoms. The summed E-state index contributed by atoms with van der Waals surface area (Å²) in [5.74, 6) is 8.18. The number of nitrogens with zero attached hydrogens (tertiary/aromatic N) is 3. The number of nitrogen functional groups attached to an aromatic ring is 1. The summed E-state index contributed by atoms with van der Waals surface area (Å²) in [5.41, 5.74) is 0.869. The Kier molecular flexibility index (Phi) is 4.14. The lowest BCUT2D eigenvalue weighted by molar-refractivity contribution is 0.744. The summed E-state index contributed by atoms with van der Waals surface area (Å²) in [7, 11) is 0. The first kappa shape index (κ1) is 13.2. The third-order valence-corrected chi connectivity index (χ3v) is 3.90. The summed E-state index contributed by atoms with van der Waals surface area (Å²) in [5, 5.41) is 9.60. The number of aromatic nitrogens is 3. The second-order valence-corrected chi connectivity index (χ2v) is 5.81. The van der Waals surface area contributed by atoms with Crippen molar-refractivity contribution in [3.63, 3.8) is 0 Å². The molecule has 0 aliphatic heterocycles. The van der Waals surface area contributed by atoms with Crippen LogP contribution < -0.4 is 5.84 Å². The van der Waals surface area contributed by atoms with Crippen molar-refractivity contribution in [3.05, 3.63) is 29.3 Å². The molecule has 2 N–H and O–H groups in total. The van der Waals surface area contributed by atoms with Gasteiger partial charge in [-0.3, -0.25) is 0 Å². The predicted molar refractivity (Wildman–Crippen MR) is 76.2 cm³/mol. The fraction of sp³-hybridized carbons (Fsp3) is 0.333. The smallest absolute Gasteiger partial charge is 0.210 e. The Labute approximate surface area is 116 Å². The van der Waals surface area contributed by atoms with Crippen molar-refractivity contribution in [3.8, 4) is 11.4 Å². The van der Waals surface area contributed by atoms with E-state index in [1.54, 1.807) is 11.8 Å². The molecule has 0 spiro atoms. The number of hydrogen-bond donors (Lipinski definition) is 1. The van der Waals surface area contributed by atoms with Crippen LogP contribution in [0.2, 0.25) is 5.02 Å². The van der Waals surface area contributed by atoms with E-state index < -0.39 is 0 Å². The maximum Gasteiger partial charge on any atom is 0.210 e. The molecule has 0 aliphatic carbocycles. The molecule has 1 aromatic heterocycles. The van der Waals surface area contributed by atoms with Crippen LogP contribution >= 0.6 is 23.4 Å². The molecule has 1 aromatic carbocycles. The fourth-order valence-electron chi connectivity index (χ4n) is 1.44. The Bertz CT molecular complexity index is 539. The van der Waals surface area contributed by atoms with E-state index in [2.05, 4.69) is 24.0 Å². The standard InChI is InChI=1S/C12H15ClN4S/c1-8(2)7-18-12-16-15-11(17(12)14)9-4-3-5-10(13)6-9/h3-6,8H,7,14H2,1-2H3. The maximum absolute atomic E-state index is 6.00. The molecule has 6 heteroatoms. The van der Waals surface area contributed by atoms with Gasteiger partial charge in [-0.05, 0) is 18.1 Å². The van der Waals surface area contributed by atoms with E-state index in [4.69, 9.17) is 17.4 Å². The zero-order valence-electron chi connectivity index (χ0n) is 10.3. The number of benzene rings is 1. The van der Waals surface area contributed by atoms with Crippen LogP contribution in [-0.2, 0) is 0 Å². The van der Waals surface area contributed by atoms with Crippen LogP contribution in [0.5, 0.6) is 0 Å². The quantitative estimate of drug-likeness (QED) is 0.692. The molecule has 4 nitrogen and oxygen atoms in total. The highest BCUT2D eigenvalue weighted by molar-refractivity contribution is 7.99. The summed E-state index contributed by atoms with van der Waals surface area (Å²) >= 11 is 7.56. The first-order valence-corrected chi connectivity index (χ1v) is 7.03. The monoisotopic (exact) mass is 282 g/mol. The molecule has 0 bridgehead atoms. The second-order valence-electron chi connectivity index (χ2n) is 4.39. The van der Waals surface area contributed by atoms with Gasteiger partial charge in [0.1, 0.15) is 0 Å². The van der Waals surface area contributed by atoms with E-state index in [1.807, 2.05) is 24.3 Å². The highest BCUT2D eigenvalue weighted by Gasteiger charge is 2.12. The average Bonchev–Trinajstić information content (AvgIpc) is 2.68. The van der Waals surface area contributed by atoms with Crippen molar-refractivity contribution in [2.24, 2.45) is 5.92 Å². The minimum atomic E-state index is 0.585. The molecule has 0 atom stereocenters. The van der Waals surface area contributed by atoms with Crippen molar-refractivity contribution in [1.82, 2.24) is 14.9 Å². The molecule has 0 saturated heterocycles. The molecule has 96 valence electrons. The number of hydrogen-bond acceptors (Lipinski definition) is 4. The van der Waals surface area contributed by atoms with E-state index >= 15 is 0 Å². The van der Waals surface area contributed by atoms with E-state index in [0.29, 0.717) is 16.8 Å². The first-order valence-electron chi connectivity index (χ1n) is 5.67. The Morgan fingerprint density at radius 1 is 1.39 bits per heavy atom. The van der Waals surface area contributed by atoms with Crippen molar-refractivity contribution >= 4 is 23.4 Å². The Balaban J connectivity index is 2.25. The Morgan fingerprint density at radius 2 is 2.17 bits per heavy atom. The zero-order valence-corrected chi connectivity index (χ0v) is 11.9. The van der Waals surface area contributed by atoms with Gasteiger partial charge in [0.15, 0.2) is 5.82 Å². The van der Waals surface area contributed by atoms with Crippen molar-refractivity contribution in [1.29, 1.82) is 0 Å². The molecular weight excluding hydrogens is 268 g/mol. The van der Waals surface area contributed by atoms with Crippen LogP contribution in [0.3, 0.4) is 0 Å². The van der Waals surface area contributed by atoms with Crippen LogP contribution in [0.25, 0.3) is 11.4 Å². The first-order chi connectivity index (χ1) is 8.58.